The van der Waals surface area contributed by atoms with Gasteiger partial charge in [0.1, 0.15) is 5.60 Å². The fourth-order valence-corrected chi connectivity index (χ4v) is 5.07. The minimum absolute atomic E-state index is 0.355. The minimum Gasteiger partial charge on any atom is -0.444 e. The summed E-state index contributed by atoms with van der Waals surface area (Å²) < 4.78 is 5.37. The Morgan fingerprint density at radius 2 is 2.14 bits per heavy atom. The number of nitrogens with zero attached hydrogens (tertiary/aromatic N) is 2. The van der Waals surface area contributed by atoms with Gasteiger partial charge in [-0.1, -0.05) is 36.7 Å². The number of amidine groups is 1. The number of ether oxygens (including phenoxy) is 1. The van der Waals surface area contributed by atoms with E-state index in [4.69, 9.17) is 14.6 Å². The maximum atomic E-state index is 12.2. The van der Waals surface area contributed by atoms with Crippen molar-refractivity contribution in [2.45, 2.75) is 57.6 Å². The molecule has 1 N–H and O–H groups in total. The van der Waals surface area contributed by atoms with Gasteiger partial charge in [0, 0.05) is 17.9 Å². The summed E-state index contributed by atoms with van der Waals surface area (Å²) in [5, 5.41) is 3.38. The van der Waals surface area contributed by atoms with E-state index in [1.54, 1.807) is 17.8 Å². The number of aliphatic imine (C=N–C) groups is 1. The largest absolute Gasteiger partial charge is 0.444 e. The molecule has 1 unspecified atom stereocenters. The van der Waals surface area contributed by atoms with E-state index in [1.807, 2.05) is 39.0 Å². The third kappa shape index (κ3) is 4.48. The van der Waals surface area contributed by atoms with Crippen LogP contribution in [0.4, 0.5) is 10.5 Å². The van der Waals surface area contributed by atoms with Crippen molar-refractivity contribution in [3.8, 4) is 0 Å². The molecule has 0 aromatic heterocycles. The lowest BCUT2D eigenvalue weighted by Gasteiger charge is -2.44. The summed E-state index contributed by atoms with van der Waals surface area (Å²) in [4.78, 5) is 34.5. The Kier molecular flexibility index (Phi) is 5.98. The maximum absolute atomic E-state index is 12.2. The zero-order chi connectivity index (χ0) is 20.4. The van der Waals surface area contributed by atoms with Crippen LogP contribution in [0.2, 0.25) is 0 Å². The fraction of sp³-hybridized carbons (Fsp3) is 0.600. The van der Waals surface area contributed by atoms with Crippen molar-refractivity contribution in [3.05, 3.63) is 34.7 Å². The van der Waals surface area contributed by atoms with Crippen LogP contribution in [0.5, 0.6) is 0 Å². The number of amides is 1. The van der Waals surface area contributed by atoms with Crippen LogP contribution >= 0.6 is 11.8 Å². The van der Waals surface area contributed by atoms with Gasteiger partial charge in [-0.15, -0.1) is 0 Å². The molecule has 1 saturated carbocycles. The van der Waals surface area contributed by atoms with Crippen LogP contribution in [0.15, 0.2) is 29.3 Å². The molecule has 152 valence electrons. The number of benzene rings is 1. The van der Waals surface area contributed by atoms with Crippen LogP contribution in [0.1, 0.15) is 52.0 Å². The second-order valence-electron chi connectivity index (χ2n) is 8.21. The first-order valence-electron chi connectivity index (χ1n) is 9.58. The van der Waals surface area contributed by atoms with Gasteiger partial charge in [0.05, 0.1) is 10.4 Å². The third-order valence-electron chi connectivity index (χ3n) is 5.09. The first kappa shape index (κ1) is 20.6. The summed E-state index contributed by atoms with van der Waals surface area (Å²) in [5.41, 5.74) is 0.407. The first-order chi connectivity index (χ1) is 13.2. The topological polar surface area (TPSA) is 80.0 Å². The van der Waals surface area contributed by atoms with Gasteiger partial charge in [-0.2, -0.15) is 0 Å². The number of nitrogens with one attached hydrogen (secondary N) is 1. The summed E-state index contributed by atoms with van der Waals surface area (Å²) in [6.45, 7) is 5.49. The number of rotatable bonds is 3. The van der Waals surface area contributed by atoms with Crippen LogP contribution < -0.4 is 5.32 Å². The van der Waals surface area contributed by atoms with E-state index in [2.05, 4.69) is 5.32 Å². The molecule has 0 saturated heterocycles. The highest BCUT2D eigenvalue weighted by atomic mass is 32.2. The molecule has 1 amide bonds. The van der Waals surface area contributed by atoms with Crippen molar-refractivity contribution in [1.82, 2.24) is 5.32 Å². The summed E-state index contributed by atoms with van der Waals surface area (Å²) in [6.07, 6.45) is 3.68. The molecular formula is C20H28N3O4S+. The standard InChI is InChI=1S/C20H27N3O4S/c1-19(2,3)27-18(24)21-17-22-20(11-6-5-8-15(20)13-28-17)14-9-7-10-16(12-14)23(25)26-4/h7,9-10,12,15H,5-6,8,11,13H2,1-4H3/p+1/t15?,20-/m1/s1. The summed E-state index contributed by atoms with van der Waals surface area (Å²) in [6, 6.07) is 7.43. The zero-order valence-electron chi connectivity index (χ0n) is 16.9. The molecule has 2 aliphatic rings. The maximum Gasteiger partial charge on any atom is 0.413 e. The second kappa shape index (κ2) is 8.11. The van der Waals surface area contributed by atoms with Crippen LogP contribution in [-0.2, 0) is 15.1 Å². The van der Waals surface area contributed by atoms with Crippen LogP contribution in [0, 0.1) is 10.8 Å². The molecule has 1 heterocycles. The fourth-order valence-electron chi connectivity index (χ4n) is 3.88. The number of carbonyl (C=O) groups excluding carboxylic acids is 1. The molecule has 1 aliphatic carbocycles. The molecule has 2 atom stereocenters. The van der Waals surface area contributed by atoms with Crippen molar-refractivity contribution in [3.63, 3.8) is 0 Å². The van der Waals surface area contributed by atoms with Crippen LogP contribution in [-0.4, -0.2) is 34.6 Å². The van der Waals surface area contributed by atoms with Crippen LogP contribution in [0.3, 0.4) is 0 Å². The quantitative estimate of drug-likeness (QED) is 0.738. The normalized spacial score (nSPS) is 24.6. The average molecular weight is 407 g/mol. The van der Waals surface area contributed by atoms with Crippen LogP contribution in [0.25, 0.3) is 0 Å². The minimum atomic E-state index is -0.568. The summed E-state index contributed by atoms with van der Waals surface area (Å²) in [7, 11) is 1.35. The van der Waals surface area contributed by atoms with Gasteiger partial charge < -0.3 is 4.74 Å². The highest BCUT2D eigenvalue weighted by molar-refractivity contribution is 8.13. The van der Waals surface area contributed by atoms with Crippen molar-refractivity contribution >= 4 is 28.7 Å². The van der Waals surface area contributed by atoms with E-state index in [1.165, 1.54) is 13.5 Å². The molecule has 3 rings (SSSR count). The molecule has 0 radical (unpaired) electrons. The molecular weight excluding hydrogens is 378 g/mol. The van der Waals surface area contributed by atoms with Gasteiger partial charge in [0.2, 0.25) is 0 Å². The molecule has 0 spiro atoms. The van der Waals surface area contributed by atoms with E-state index in [-0.39, 0.29) is 0 Å². The van der Waals surface area contributed by atoms with E-state index in [0.717, 1.165) is 30.6 Å². The van der Waals surface area contributed by atoms with Gasteiger partial charge in [-0.25, -0.2) is 9.63 Å². The summed E-state index contributed by atoms with van der Waals surface area (Å²) in [5.74, 6) is 1.22. The monoisotopic (exact) mass is 406 g/mol. The molecule has 1 aliphatic heterocycles. The summed E-state index contributed by atoms with van der Waals surface area (Å²) >= 11 is 1.55. The number of hydrogen-bond donors (Lipinski definition) is 1. The van der Waals surface area contributed by atoms with E-state index in [9.17, 15) is 9.70 Å². The van der Waals surface area contributed by atoms with Gasteiger partial charge in [-0.3, -0.25) is 10.3 Å². The number of carbonyl (C=O) groups is 1. The molecule has 8 heteroatoms. The highest BCUT2D eigenvalue weighted by Crippen LogP contribution is 2.49. The highest BCUT2D eigenvalue weighted by Gasteiger charge is 2.45. The van der Waals surface area contributed by atoms with Crippen molar-refractivity contribution in [2.24, 2.45) is 10.9 Å². The Morgan fingerprint density at radius 3 is 2.86 bits per heavy atom. The lowest BCUT2D eigenvalue weighted by atomic mass is 9.70. The van der Waals surface area contributed by atoms with Gasteiger partial charge in [0.25, 0.3) is 4.92 Å². The zero-order valence-corrected chi connectivity index (χ0v) is 17.7. The molecule has 28 heavy (non-hydrogen) atoms. The van der Waals surface area contributed by atoms with E-state index in [0.29, 0.717) is 21.7 Å². The number of hydrogen-bond acceptors (Lipinski definition) is 6. The van der Waals surface area contributed by atoms with Crippen molar-refractivity contribution in [2.75, 3.05) is 12.9 Å². The first-order valence-corrected chi connectivity index (χ1v) is 10.6. The second-order valence-corrected chi connectivity index (χ2v) is 9.22. The lowest BCUT2D eigenvalue weighted by molar-refractivity contribution is -0.736. The Balaban J connectivity index is 1.94. The number of alkyl carbamates (subject to hydrolysis) is 1. The predicted molar refractivity (Wildman–Crippen MR) is 110 cm³/mol. The molecule has 1 aromatic carbocycles. The Morgan fingerprint density at radius 1 is 1.36 bits per heavy atom. The van der Waals surface area contributed by atoms with Gasteiger partial charge in [0.15, 0.2) is 12.3 Å². The van der Waals surface area contributed by atoms with E-state index < -0.39 is 17.2 Å². The third-order valence-corrected chi connectivity index (χ3v) is 6.12. The molecule has 0 bridgehead atoms. The Bertz CT molecular complexity index is 790. The predicted octanol–water partition coefficient (Wildman–Crippen LogP) is 4.67. The SMILES string of the molecule is CO[N+](=O)c1cccc([C@]23CCCCC2CSC(NC(=O)OC(C)(C)C)=N3)c1. The number of fused-ring (bicyclic) bond motifs is 1. The molecule has 1 aromatic rings. The van der Waals surface area contributed by atoms with Gasteiger partial charge in [-0.05, 0) is 45.1 Å². The smallest absolute Gasteiger partial charge is 0.413 e. The Labute approximate surface area is 169 Å². The lowest BCUT2D eigenvalue weighted by Crippen LogP contribution is -2.45. The van der Waals surface area contributed by atoms with Crippen molar-refractivity contribution < 1.29 is 19.3 Å². The Hall–Kier alpha value is -2.09. The van der Waals surface area contributed by atoms with E-state index >= 15 is 0 Å². The molecule has 1 fully saturated rings. The number of thioether (sulfide) groups is 1. The van der Waals surface area contributed by atoms with Gasteiger partial charge >= 0.3 is 11.8 Å². The molecule has 7 nitrogen and oxygen atoms in total. The van der Waals surface area contributed by atoms with Crippen molar-refractivity contribution in [1.29, 1.82) is 0 Å². The average Bonchev–Trinajstić information content (AvgIpc) is 2.65.